The molecule has 7 heteroatoms. The molecule has 0 spiro atoms. The number of unbranched alkanes of at least 4 members (excludes halogenated alkanes) is 1. The summed E-state index contributed by atoms with van der Waals surface area (Å²) in [6, 6.07) is 1.33. The molecule has 1 rings (SSSR count). The van der Waals surface area contributed by atoms with E-state index in [2.05, 4.69) is 4.43 Å². The summed E-state index contributed by atoms with van der Waals surface area (Å²) in [7, 11) is 0.186. The lowest BCUT2D eigenvalue weighted by Gasteiger charge is -2.19. The largest absolute Gasteiger partial charge is 0.381 e. The lowest BCUT2D eigenvalue weighted by molar-refractivity contribution is -0.295. The Bertz CT molecular complexity index is 413. The molecule has 0 aliphatic carbocycles. The SMILES string of the molecule is OC(O)(CCCCc1cc(F)c(F)cc1F)O[SiH3]. The summed E-state index contributed by atoms with van der Waals surface area (Å²) < 4.78 is 43.3. The van der Waals surface area contributed by atoms with E-state index in [1.807, 2.05) is 0 Å². The molecule has 1 aromatic rings. The van der Waals surface area contributed by atoms with Gasteiger partial charge in [-0.15, -0.1) is 0 Å². The Hall–Kier alpha value is -0.893. The molecule has 0 radical (unpaired) electrons. The number of halogens is 3. The van der Waals surface area contributed by atoms with Gasteiger partial charge in [0, 0.05) is 12.5 Å². The van der Waals surface area contributed by atoms with Gasteiger partial charge in [0.05, 0.1) is 0 Å². The van der Waals surface area contributed by atoms with Gasteiger partial charge in [-0.05, 0) is 30.9 Å². The number of aliphatic hydroxyl groups is 2. The molecule has 0 atom stereocenters. The molecule has 0 aromatic heterocycles. The van der Waals surface area contributed by atoms with Crippen LogP contribution in [0.4, 0.5) is 13.2 Å². The molecule has 2 N–H and O–H groups in total. The molecule has 1 aromatic carbocycles. The molecule has 0 bridgehead atoms. The van der Waals surface area contributed by atoms with E-state index in [-0.39, 0.29) is 28.9 Å². The van der Waals surface area contributed by atoms with Gasteiger partial charge in [0.25, 0.3) is 5.97 Å². The first-order valence-corrected chi connectivity index (χ1v) is 6.30. The Kier molecular flexibility index (Phi) is 5.33. The van der Waals surface area contributed by atoms with Crippen LogP contribution in [0.3, 0.4) is 0 Å². The zero-order valence-corrected chi connectivity index (χ0v) is 11.9. The Balaban J connectivity index is 2.47. The van der Waals surface area contributed by atoms with Crippen LogP contribution in [0, 0.1) is 17.5 Å². The summed E-state index contributed by atoms with van der Waals surface area (Å²) in [4.78, 5) is 0. The van der Waals surface area contributed by atoms with Crippen molar-refractivity contribution in [3.8, 4) is 0 Å². The van der Waals surface area contributed by atoms with E-state index < -0.39 is 23.4 Å². The first-order chi connectivity index (χ1) is 8.35. The van der Waals surface area contributed by atoms with Crippen molar-refractivity contribution in [3.05, 3.63) is 35.1 Å². The second kappa shape index (κ2) is 6.33. The van der Waals surface area contributed by atoms with Crippen LogP contribution in [0.25, 0.3) is 0 Å². The Morgan fingerprint density at radius 1 is 1.06 bits per heavy atom. The highest BCUT2D eigenvalue weighted by Crippen LogP contribution is 2.18. The van der Waals surface area contributed by atoms with Crippen LogP contribution in [-0.2, 0) is 10.8 Å². The summed E-state index contributed by atoms with van der Waals surface area (Å²) in [6.45, 7) is 0. The number of rotatable bonds is 6. The Morgan fingerprint density at radius 2 is 1.67 bits per heavy atom. The van der Waals surface area contributed by atoms with Crippen LogP contribution >= 0.6 is 0 Å². The summed E-state index contributed by atoms with van der Waals surface area (Å²) in [5, 5.41) is 18.3. The second-order valence-electron chi connectivity index (χ2n) is 4.01. The minimum absolute atomic E-state index is 0.0121. The predicted molar refractivity (Wildman–Crippen MR) is 62.1 cm³/mol. The maximum Gasteiger partial charge on any atom is 0.267 e. The summed E-state index contributed by atoms with van der Waals surface area (Å²) in [5.74, 6) is -5.25. The highest BCUT2D eigenvalue weighted by molar-refractivity contribution is 5.98. The van der Waals surface area contributed by atoms with Gasteiger partial charge in [-0.2, -0.15) is 0 Å². The number of hydrogen-bond acceptors (Lipinski definition) is 3. The van der Waals surface area contributed by atoms with Gasteiger partial charge in [-0.3, -0.25) is 0 Å². The second-order valence-corrected chi connectivity index (χ2v) is 4.42. The van der Waals surface area contributed by atoms with E-state index in [0.717, 1.165) is 6.07 Å². The minimum atomic E-state index is -2.14. The van der Waals surface area contributed by atoms with Crippen molar-refractivity contribution in [3.63, 3.8) is 0 Å². The maximum absolute atomic E-state index is 13.2. The van der Waals surface area contributed by atoms with Crippen molar-refractivity contribution in [2.75, 3.05) is 0 Å². The topological polar surface area (TPSA) is 49.7 Å². The lowest BCUT2D eigenvalue weighted by Crippen LogP contribution is -2.30. The smallest absolute Gasteiger partial charge is 0.267 e. The van der Waals surface area contributed by atoms with Gasteiger partial charge >= 0.3 is 0 Å². The summed E-state index contributed by atoms with van der Waals surface area (Å²) in [5.41, 5.74) is 0.0715. The first kappa shape index (κ1) is 15.2. The third kappa shape index (κ3) is 4.41. The zero-order valence-electron chi connectivity index (χ0n) is 9.92. The van der Waals surface area contributed by atoms with E-state index in [1.54, 1.807) is 0 Å². The highest BCUT2D eigenvalue weighted by Gasteiger charge is 2.20. The van der Waals surface area contributed by atoms with Crippen molar-refractivity contribution in [1.29, 1.82) is 0 Å². The summed E-state index contributed by atoms with van der Waals surface area (Å²) >= 11 is 0. The van der Waals surface area contributed by atoms with E-state index >= 15 is 0 Å². The van der Waals surface area contributed by atoms with Crippen molar-refractivity contribution >= 4 is 10.5 Å². The molecule has 0 aliphatic heterocycles. The van der Waals surface area contributed by atoms with E-state index in [1.165, 1.54) is 0 Å². The van der Waals surface area contributed by atoms with E-state index in [0.29, 0.717) is 18.9 Å². The van der Waals surface area contributed by atoms with Crippen molar-refractivity contribution in [2.24, 2.45) is 0 Å². The summed E-state index contributed by atoms with van der Waals surface area (Å²) in [6.07, 6.45) is 0.964. The molecule has 0 unspecified atom stereocenters. The average molecular weight is 280 g/mol. The van der Waals surface area contributed by atoms with Crippen LogP contribution < -0.4 is 0 Å². The molecular weight excluding hydrogens is 265 g/mol. The van der Waals surface area contributed by atoms with Crippen LogP contribution in [0.15, 0.2) is 12.1 Å². The normalized spacial score (nSPS) is 12.1. The van der Waals surface area contributed by atoms with Crippen LogP contribution in [0.2, 0.25) is 0 Å². The third-order valence-electron chi connectivity index (χ3n) is 2.61. The molecular formula is C11H15F3O3Si. The lowest BCUT2D eigenvalue weighted by atomic mass is 10.1. The molecule has 0 saturated carbocycles. The van der Waals surface area contributed by atoms with Gasteiger partial charge < -0.3 is 14.6 Å². The van der Waals surface area contributed by atoms with Gasteiger partial charge in [0.15, 0.2) is 22.1 Å². The fraction of sp³-hybridized carbons (Fsp3) is 0.455. The zero-order chi connectivity index (χ0) is 13.8. The van der Waals surface area contributed by atoms with Crippen LogP contribution in [0.1, 0.15) is 24.8 Å². The van der Waals surface area contributed by atoms with Gasteiger partial charge in [-0.25, -0.2) is 13.2 Å². The fourth-order valence-corrected chi connectivity index (χ4v) is 1.73. The van der Waals surface area contributed by atoms with Crippen LogP contribution in [0.5, 0.6) is 0 Å². The molecule has 0 fully saturated rings. The Morgan fingerprint density at radius 3 is 2.28 bits per heavy atom. The molecule has 0 aliphatic rings. The number of benzene rings is 1. The molecule has 3 nitrogen and oxygen atoms in total. The van der Waals surface area contributed by atoms with Gasteiger partial charge in [-0.1, -0.05) is 0 Å². The van der Waals surface area contributed by atoms with E-state index in [4.69, 9.17) is 10.2 Å². The maximum atomic E-state index is 13.2. The van der Waals surface area contributed by atoms with Crippen molar-refractivity contribution in [1.82, 2.24) is 0 Å². The van der Waals surface area contributed by atoms with E-state index in [9.17, 15) is 13.2 Å². The average Bonchev–Trinajstić information content (AvgIpc) is 2.31. The first-order valence-electron chi connectivity index (χ1n) is 5.49. The minimum Gasteiger partial charge on any atom is -0.381 e. The molecule has 102 valence electrons. The van der Waals surface area contributed by atoms with Gasteiger partial charge in [0.2, 0.25) is 0 Å². The fourth-order valence-electron chi connectivity index (χ4n) is 1.53. The van der Waals surface area contributed by atoms with Crippen molar-refractivity contribution < 1.29 is 27.8 Å². The molecule has 0 saturated heterocycles. The molecule has 0 amide bonds. The Labute approximate surface area is 106 Å². The number of aryl methyl sites for hydroxylation is 1. The standard InChI is InChI=1S/C11H15F3O3Si/c12-8-6-10(14)9(13)5-7(8)3-1-2-4-11(15,16)17-18/h5-6,15-16H,1-4H2,18H3. The van der Waals surface area contributed by atoms with Crippen LogP contribution in [-0.4, -0.2) is 26.7 Å². The highest BCUT2D eigenvalue weighted by atomic mass is 28.2. The molecule has 18 heavy (non-hydrogen) atoms. The molecule has 0 heterocycles. The van der Waals surface area contributed by atoms with Crippen molar-refractivity contribution in [2.45, 2.75) is 31.7 Å². The number of hydrogen-bond donors (Lipinski definition) is 2. The van der Waals surface area contributed by atoms with Gasteiger partial charge in [0.1, 0.15) is 5.82 Å². The third-order valence-corrected chi connectivity index (χ3v) is 3.27. The predicted octanol–water partition coefficient (Wildman–Crippen LogP) is 0.752. The quantitative estimate of drug-likeness (QED) is 0.350. The monoisotopic (exact) mass is 280 g/mol.